The van der Waals surface area contributed by atoms with Gasteiger partial charge >= 0.3 is 59.1 Å². The topological polar surface area (TPSA) is 159 Å². The molecule has 0 saturated carbocycles. The Labute approximate surface area is 233 Å². The molecule has 0 atom stereocenters. The average molecular weight is 502 g/mol. The van der Waals surface area contributed by atoms with Crippen molar-refractivity contribution >= 4 is 53.2 Å². The summed E-state index contributed by atoms with van der Waals surface area (Å²) in [6.45, 7) is 0. The molecule has 0 aromatic heterocycles. The molecule has 0 heterocycles. The van der Waals surface area contributed by atoms with Crippen molar-refractivity contribution in [3.8, 4) is 5.75 Å². The number of hydrogen-bond donors (Lipinski definition) is 1. The minimum atomic E-state index is -4.87. The van der Waals surface area contributed by atoms with E-state index in [9.17, 15) is 31.0 Å². The zero-order valence-corrected chi connectivity index (χ0v) is 23.1. The standard InChI is InChI=1S/C20H14N2O7S2.2Na/c23-20-15-8-4-3-7-14(15)19(31(27,28)29)11-17(20)22-21-16-9-10-18(30(24,25)26)13-6-2-1-5-12(13)16;;/h1-11,23H,(H,24,25,26)(H,27,28,29);;/q;2*+1/p-2/b22-21+;;. The number of phenolic OH excluding ortho intramolecular Hbond substituents is 1. The van der Waals surface area contributed by atoms with Crippen molar-refractivity contribution in [3.63, 3.8) is 0 Å². The summed E-state index contributed by atoms with van der Waals surface area (Å²) in [6, 6.07) is 15.3. The van der Waals surface area contributed by atoms with Crippen LogP contribution in [0.4, 0.5) is 11.4 Å². The van der Waals surface area contributed by atoms with E-state index in [0.717, 1.165) is 12.1 Å². The summed E-state index contributed by atoms with van der Waals surface area (Å²) in [5.74, 6) is -0.380. The van der Waals surface area contributed by atoms with Gasteiger partial charge in [-0.25, -0.2) is 16.8 Å². The van der Waals surface area contributed by atoms with Crippen LogP contribution in [0.1, 0.15) is 0 Å². The third-order valence-corrected chi connectivity index (χ3v) is 6.39. The van der Waals surface area contributed by atoms with Crippen LogP contribution in [-0.2, 0) is 20.2 Å². The summed E-state index contributed by atoms with van der Waals surface area (Å²) in [5.41, 5.74) is -0.0974. The number of hydrogen-bond acceptors (Lipinski definition) is 9. The number of nitrogens with zero attached hydrogens (tertiary/aromatic N) is 2. The second kappa shape index (κ2) is 10.5. The first kappa shape index (κ1) is 27.9. The van der Waals surface area contributed by atoms with Crippen LogP contribution in [0, 0.1) is 0 Å². The maximum atomic E-state index is 11.7. The number of azo groups is 1. The van der Waals surface area contributed by atoms with E-state index in [0.29, 0.717) is 5.39 Å². The third kappa shape index (κ3) is 5.65. The van der Waals surface area contributed by atoms with Gasteiger partial charge in [0.05, 0.1) is 15.5 Å². The van der Waals surface area contributed by atoms with Crippen LogP contribution >= 0.6 is 0 Å². The Morgan fingerprint density at radius 3 is 1.61 bits per heavy atom. The summed E-state index contributed by atoms with van der Waals surface area (Å²) >= 11 is 0. The van der Waals surface area contributed by atoms with Gasteiger partial charge in [-0.1, -0.05) is 48.5 Å². The first-order chi connectivity index (χ1) is 14.6. The third-order valence-electron chi connectivity index (χ3n) is 4.62. The smallest absolute Gasteiger partial charge is 0.744 e. The second-order valence-electron chi connectivity index (χ2n) is 6.52. The second-order valence-corrected chi connectivity index (χ2v) is 9.22. The fourth-order valence-electron chi connectivity index (χ4n) is 3.26. The van der Waals surface area contributed by atoms with E-state index in [2.05, 4.69) is 10.2 Å². The van der Waals surface area contributed by atoms with Crippen molar-refractivity contribution in [2.24, 2.45) is 10.2 Å². The van der Waals surface area contributed by atoms with Gasteiger partial charge in [0.2, 0.25) is 0 Å². The summed E-state index contributed by atoms with van der Waals surface area (Å²) < 4.78 is 69.6. The van der Waals surface area contributed by atoms with Crippen molar-refractivity contribution in [2.75, 3.05) is 0 Å². The van der Waals surface area contributed by atoms with Crippen LogP contribution in [0.15, 0.2) is 86.7 Å². The molecule has 0 aliphatic heterocycles. The molecule has 13 heteroatoms. The molecule has 0 bridgehead atoms. The summed E-state index contributed by atoms with van der Waals surface area (Å²) in [5, 5.41) is 19.0. The Hall–Kier alpha value is -1.38. The molecule has 4 aromatic carbocycles. The quantitative estimate of drug-likeness (QED) is 0.191. The molecule has 4 aromatic rings. The largest absolute Gasteiger partial charge is 1.00 e. The van der Waals surface area contributed by atoms with Crippen molar-refractivity contribution in [1.82, 2.24) is 0 Å². The molecule has 0 radical (unpaired) electrons. The Balaban J connectivity index is 0.00000193. The first-order valence-corrected chi connectivity index (χ1v) is 11.5. The zero-order chi connectivity index (χ0) is 22.4. The SMILES string of the molecule is O=S(=O)([O-])c1ccc(/N=N/c2cc(S(=O)(=O)[O-])c3ccccc3c2O)c2ccccc12.[Na+].[Na+]. The molecule has 0 spiro atoms. The fourth-order valence-corrected chi connectivity index (χ4v) is 4.65. The van der Waals surface area contributed by atoms with Crippen LogP contribution < -0.4 is 59.1 Å². The fraction of sp³-hybridized carbons (Fsp3) is 0. The van der Waals surface area contributed by atoms with Crippen LogP contribution in [0.3, 0.4) is 0 Å². The molecular formula is C20H12N2Na2O7S2. The summed E-state index contributed by atoms with van der Waals surface area (Å²) in [6.07, 6.45) is 0. The predicted octanol–water partition coefficient (Wildman–Crippen LogP) is -2.07. The van der Waals surface area contributed by atoms with Crippen LogP contribution in [0.25, 0.3) is 21.5 Å². The van der Waals surface area contributed by atoms with Crippen molar-refractivity contribution < 1.29 is 90.2 Å². The van der Waals surface area contributed by atoms with Gasteiger partial charge < -0.3 is 14.2 Å². The Bertz CT molecular complexity index is 1610. The van der Waals surface area contributed by atoms with Gasteiger partial charge in [-0.2, -0.15) is 0 Å². The van der Waals surface area contributed by atoms with Crippen molar-refractivity contribution in [3.05, 3.63) is 66.7 Å². The maximum absolute atomic E-state index is 11.7. The minimum absolute atomic E-state index is 0. The van der Waals surface area contributed by atoms with E-state index in [1.807, 2.05) is 0 Å². The Kier molecular flexibility index (Phi) is 8.85. The molecule has 158 valence electrons. The summed E-state index contributed by atoms with van der Waals surface area (Å²) in [7, 11) is -9.60. The van der Waals surface area contributed by atoms with E-state index in [4.69, 9.17) is 0 Å². The molecule has 0 aliphatic rings. The molecular weight excluding hydrogens is 490 g/mol. The van der Waals surface area contributed by atoms with E-state index < -0.39 is 30.0 Å². The molecule has 0 aliphatic carbocycles. The maximum Gasteiger partial charge on any atom is 1.00 e. The van der Waals surface area contributed by atoms with Crippen LogP contribution in [0.5, 0.6) is 5.75 Å². The van der Waals surface area contributed by atoms with Gasteiger partial charge in [0, 0.05) is 21.5 Å². The Morgan fingerprint density at radius 1 is 0.606 bits per heavy atom. The Morgan fingerprint density at radius 2 is 1.06 bits per heavy atom. The van der Waals surface area contributed by atoms with Crippen molar-refractivity contribution in [2.45, 2.75) is 9.79 Å². The molecule has 0 fully saturated rings. The average Bonchev–Trinajstić information content (AvgIpc) is 2.71. The first-order valence-electron chi connectivity index (χ1n) is 8.67. The van der Waals surface area contributed by atoms with E-state index in [-0.39, 0.29) is 92.4 Å². The molecule has 0 unspecified atom stereocenters. The number of benzene rings is 4. The van der Waals surface area contributed by atoms with Crippen LogP contribution in [0.2, 0.25) is 0 Å². The number of phenols is 1. The van der Waals surface area contributed by atoms with Gasteiger partial charge in [0.25, 0.3) is 0 Å². The molecule has 9 nitrogen and oxygen atoms in total. The van der Waals surface area contributed by atoms with Gasteiger partial charge in [-0.15, -0.1) is 10.2 Å². The van der Waals surface area contributed by atoms with Crippen LogP contribution in [-0.4, -0.2) is 31.0 Å². The number of rotatable bonds is 4. The molecule has 33 heavy (non-hydrogen) atoms. The monoisotopic (exact) mass is 502 g/mol. The van der Waals surface area contributed by atoms with Gasteiger partial charge in [-0.05, 0) is 18.2 Å². The number of aromatic hydroxyl groups is 1. The van der Waals surface area contributed by atoms with E-state index in [1.54, 1.807) is 18.2 Å². The molecule has 4 rings (SSSR count). The van der Waals surface area contributed by atoms with E-state index in [1.165, 1.54) is 36.4 Å². The van der Waals surface area contributed by atoms with Gasteiger partial charge in [0.15, 0.2) is 5.75 Å². The summed E-state index contributed by atoms with van der Waals surface area (Å²) in [4.78, 5) is -0.983. The van der Waals surface area contributed by atoms with Crippen molar-refractivity contribution in [1.29, 1.82) is 0 Å². The molecule has 1 N–H and O–H groups in total. The number of fused-ring (bicyclic) bond motifs is 2. The van der Waals surface area contributed by atoms with Gasteiger partial charge in [-0.3, -0.25) is 0 Å². The van der Waals surface area contributed by atoms with E-state index >= 15 is 0 Å². The predicted molar refractivity (Wildman–Crippen MR) is 110 cm³/mol. The van der Waals surface area contributed by atoms with Gasteiger partial charge in [0.1, 0.15) is 25.9 Å². The zero-order valence-electron chi connectivity index (χ0n) is 17.5. The minimum Gasteiger partial charge on any atom is -0.744 e. The molecule has 0 saturated heterocycles. The normalized spacial score (nSPS) is 11.9. The molecule has 0 amide bonds.